The van der Waals surface area contributed by atoms with Gasteiger partial charge >= 0.3 is 5.97 Å². The van der Waals surface area contributed by atoms with Gasteiger partial charge in [-0.2, -0.15) is 0 Å². The molecule has 0 bridgehead atoms. The van der Waals surface area contributed by atoms with Crippen LogP contribution in [0.3, 0.4) is 0 Å². The first kappa shape index (κ1) is 17.1. The quantitative estimate of drug-likeness (QED) is 0.803. The number of hydrogen-bond donors (Lipinski definition) is 1. The molecule has 0 radical (unpaired) electrons. The van der Waals surface area contributed by atoms with Gasteiger partial charge in [-0.1, -0.05) is 0 Å². The number of aliphatic carboxylic acids is 1. The fourth-order valence-electron chi connectivity index (χ4n) is 2.55. The van der Waals surface area contributed by atoms with Gasteiger partial charge in [-0.15, -0.1) is 34.9 Å². The van der Waals surface area contributed by atoms with E-state index in [2.05, 4.69) is 9.98 Å². The molecule has 0 saturated carbocycles. The van der Waals surface area contributed by atoms with Crippen molar-refractivity contribution in [3.05, 3.63) is 23.2 Å². The van der Waals surface area contributed by atoms with Crippen molar-refractivity contribution in [2.75, 3.05) is 24.7 Å². The lowest BCUT2D eigenvalue weighted by atomic mass is 10.3. The smallest absolute Gasteiger partial charge is 0.329 e. The van der Waals surface area contributed by atoms with Gasteiger partial charge < -0.3 is 14.6 Å². The number of carboxylic acid groups (broad SMARTS) is 1. The molecule has 3 heterocycles. The molecule has 1 fully saturated rings. The van der Waals surface area contributed by atoms with E-state index >= 15 is 0 Å². The van der Waals surface area contributed by atoms with Gasteiger partial charge in [-0.3, -0.25) is 4.99 Å². The van der Waals surface area contributed by atoms with Crippen molar-refractivity contribution in [3.8, 4) is 5.75 Å². The maximum Gasteiger partial charge on any atom is 0.329 e. The molecule has 0 spiro atoms. The van der Waals surface area contributed by atoms with Crippen LogP contribution in [0.4, 0.5) is 0 Å². The van der Waals surface area contributed by atoms with E-state index in [0.717, 1.165) is 39.8 Å². The molecule has 0 amide bonds. The van der Waals surface area contributed by atoms with E-state index < -0.39 is 12.0 Å². The van der Waals surface area contributed by atoms with Gasteiger partial charge in [0.1, 0.15) is 21.2 Å². The summed E-state index contributed by atoms with van der Waals surface area (Å²) in [5.74, 6) is 1.46. The highest BCUT2D eigenvalue weighted by Crippen LogP contribution is 2.32. The molecule has 2 aliphatic heterocycles. The number of hydrogen-bond acceptors (Lipinski definition) is 8. The summed E-state index contributed by atoms with van der Waals surface area (Å²) in [6.07, 6.45) is 0.876. The Morgan fingerprint density at radius 1 is 1.44 bits per heavy atom. The third kappa shape index (κ3) is 3.94. The van der Waals surface area contributed by atoms with Crippen molar-refractivity contribution in [2.24, 2.45) is 4.99 Å². The highest BCUT2D eigenvalue weighted by Gasteiger charge is 2.26. The SMILES string of the molecule is O=C(O)[C@H]1CSC(c2nc3ccc(OCCC4OCCS4)cc3s2)=N1. The average molecular weight is 397 g/mol. The minimum Gasteiger partial charge on any atom is -0.493 e. The van der Waals surface area contributed by atoms with Crippen LogP contribution in [0.15, 0.2) is 23.2 Å². The van der Waals surface area contributed by atoms with E-state index in [-0.39, 0.29) is 5.44 Å². The number of aromatic nitrogens is 1. The Hall–Kier alpha value is -1.29. The van der Waals surface area contributed by atoms with E-state index in [1.54, 1.807) is 0 Å². The topological polar surface area (TPSA) is 81.0 Å². The number of thioether (sulfide) groups is 2. The summed E-state index contributed by atoms with van der Waals surface area (Å²) < 4.78 is 12.4. The standard InChI is InChI=1S/C16H16N2O4S3/c19-16(20)11-8-24-14(18-11)15-17-10-2-1-9(7-12(10)25-15)21-4-3-13-22-5-6-23-13/h1-2,7,11,13H,3-6,8H2,(H,19,20)/t11-,13?/m1/s1. The van der Waals surface area contributed by atoms with Crippen molar-refractivity contribution in [1.29, 1.82) is 0 Å². The molecule has 0 aliphatic carbocycles. The average Bonchev–Trinajstić information content (AvgIpc) is 3.34. The van der Waals surface area contributed by atoms with Crippen LogP contribution in [0.1, 0.15) is 11.4 Å². The number of benzene rings is 1. The van der Waals surface area contributed by atoms with Gasteiger partial charge in [0.2, 0.25) is 0 Å². The second-order valence-corrected chi connectivity index (χ2v) is 8.86. The monoisotopic (exact) mass is 396 g/mol. The molecule has 132 valence electrons. The van der Waals surface area contributed by atoms with Crippen LogP contribution in [0, 0.1) is 0 Å². The van der Waals surface area contributed by atoms with E-state index in [9.17, 15) is 4.79 Å². The number of carboxylic acids is 1. The summed E-state index contributed by atoms with van der Waals surface area (Å²) in [4.78, 5) is 19.8. The van der Waals surface area contributed by atoms with E-state index in [0.29, 0.717) is 17.4 Å². The van der Waals surface area contributed by atoms with Crippen LogP contribution < -0.4 is 4.74 Å². The molecule has 4 rings (SSSR count). The predicted molar refractivity (Wildman–Crippen MR) is 102 cm³/mol. The van der Waals surface area contributed by atoms with Crippen molar-refractivity contribution < 1.29 is 19.4 Å². The molecular formula is C16H16N2O4S3. The number of thiazole rings is 1. The van der Waals surface area contributed by atoms with Crippen LogP contribution >= 0.6 is 34.9 Å². The minimum absolute atomic E-state index is 0.248. The van der Waals surface area contributed by atoms with Gasteiger partial charge in [0.05, 0.1) is 23.4 Å². The molecule has 6 nitrogen and oxygen atoms in total. The second kappa shape index (κ2) is 7.53. The number of fused-ring (bicyclic) bond motifs is 1. The zero-order valence-electron chi connectivity index (χ0n) is 13.2. The molecule has 2 aromatic rings. The molecule has 25 heavy (non-hydrogen) atoms. The van der Waals surface area contributed by atoms with Crippen LogP contribution in [-0.4, -0.2) is 57.3 Å². The van der Waals surface area contributed by atoms with E-state index in [4.69, 9.17) is 14.6 Å². The zero-order valence-corrected chi connectivity index (χ0v) is 15.7. The molecule has 1 aromatic carbocycles. The molecule has 1 saturated heterocycles. The lowest BCUT2D eigenvalue weighted by Crippen LogP contribution is -2.17. The minimum atomic E-state index is -0.885. The van der Waals surface area contributed by atoms with Gasteiger partial charge in [0.15, 0.2) is 6.04 Å². The Balaban J connectivity index is 1.44. The summed E-state index contributed by atoms with van der Waals surface area (Å²) in [7, 11) is 0. The van der Waals surface area contributed by atoms with E-state index in [1.165, 1.54) is 23.1 Å². The number of carbonyl (C=O) groups is 1. The Labute approximate surface area is 157 Å². The van der Waals surface area contributed by atoms with Crippen molar-refractivity contribution in [1.82, 2.24) is 4.98 Å². The summed E-state index contributed by atoms with van der Waals surface area (Å²) in [5.41, 5.74) is 1.13. The number of rotatable bonds is 6. The van der Waals surface area contributed by atoms with Crippen molar-refractivity contribution >= 4 is 56.1 Å². The first-order chi connectivity index (χ1) is 12.2. The lowest BCUT2D eigenvalue weighted by molar-refractivity contribution is -0.137. The summed E-state index contributed by atoms with van der Waals surface area (Å²) in [5, 5.41) is 10.5. The maximum atomic E-state index is 11.0. The third-order valence-electron chi connectivity index (χ3n) is 3.79. The predicted octanol–water partition coefficient (Wildman–Crippen LogP) is 3.10. The second-order valence-electron chi connectivity index (χ2n) is 5.56. The van der Waals surface area contributed by atoms with Crippen LogP contribution in [-0.2, 0) is 9.53 Å². The molecule has 9 heteroatoms. The van der Waals surface area contributed by atoms with Gasteiger partial charge in [0, 0.05) is 17.9 Å². The molecule has 1 unspecified atom stereocenters. The zero-order chi connectivity index (χ0) is 17.2. The lowest BCUT2D eigenvalue weighted by Gasteiger charge is -2.09. The number of nitrogens with zero attached hydrogens (tertiary/aromatic N) is 2. The summed E-state index contributed by atoms with van der Waals surface area (Å²) in [6.45, 7) is 1.45. The van der Waals surface area contributed by atoms with Gasteiger partial charge in [0.25, 0.3) is 0 Å². The fourth-order valence-corrected chi connectivity index (χ4v) is 5.55. The Morgan fingerprint density at radius 3 is 3.12 bits per heavy atom. The molecule has 2 atom stereocenters. The van der Waals surface area contributed by atoms with Crippen LogP contribution in [0.5, 0.6) is 5.75 Å². The molecule has 1 N–H and O–H groups in total. The summed E-state index contributed by atoms with van der Waals surface area (Å²) >= 11 is 4.80. The molecule has 2 aliphatic rings. The van der Waals surface area contributed by atoms with E-state index in [1.807, 2.05) is 30.0 Å². The highest BCUT2D eigenvalue weighted by molar-refractivity contribution is 8.15. The number of aliphatic imine (C=N–C) groups is 1. The number of ether oxygens (including phenoxy) is 2. The fraction of sp³-hybridized carbons (Fsp3) is 0.438. The summed E-state index contributed by atoms with van der Waals surface area (Å²) in [6, 6.07) is 5.16. The Morgan fingerprint density at radius 2 is 2.36 bits per heavy atom. The molecular weight excluding hydrogens is 380 g/mol. The third-order valence-corrected chi connectivity index (χ3v) is 7.15. The normalized spacial score (nSPS) is 23.1. The Kier molecular flexibility index (Phi) is 5.16. The van der Waals surface area contributed by atoms with Crippen LogP contribution in [0.2, 0.25) is 0 Å². The highest BCUT2D eigenvalue weighted by atomic mass is 32.2. The van der Waals surface area contributed by atoms with Crippen molar-refractivity contribution in [3.63, 3.8) is 0 Å². The molecule has 1 aromatic heterocycles. The van der Waals surface area contributed by atoms with Gasteiger partial charge in [-0.25, -0.2) is 9.78 Å². The first-order valence-electron chi connectivity index (χ1n) is 7.89. The van der Waals surface area contributed by atoms with Crippen LogP contribution in [0.25, 0.3) is 10.2 Å². The maximum absolute atomic E-state index is 11.0. The largest absolute Gasteiger partial charge is 0.493 e. The first-order valence-corrected chi connectivity index (χ1v) is 10.7. The van der Waals surface area contributed by atoms with Crippen molar-refractivity contribution in [2.45, 2.75) is 17.9 Å². The van der Waals surface area contributed by atoms with Gasteiger partial charge in [-0.05, 0) is 18.2 Å². The Bertz CT molecular complexity index is 817.